The number of H-pyrrole nitrogens is 1. The van der Waals surface area contributed by atoms with Gasteiger partial charge in [-0.25, -0.2) is 0 Å². The molecule has 0 bridgehead atoms. The van der Waals surface area contributed by atoms with Crippen LogP contribution in [0.25, 0.3) is 10.9 Å². The van der Waals surface area contributed by atoms with Gasteiger partial charge >= 0.3 is 0 Å². The molecule has 20 heteroatoms. The van der Waals surface area contributed by atoms with E-state index in [-0.39, 0.29) is 32.2 Å². The number of fused-ring (bicyclic) bond motifs is 1. The number of hydrogen-bond donors (Lipinski definition) is 11. The SMILES string of the molecule is CC(=O)NCC(=O)NC1CC(=O)NCCCCC(C(N)=O)NC(=O)[C@H](Cc2c[nH]c3ccccc23)NC(=O)CNC(=O)C(Cc2ccccc2)NC(=O)C(CCCCN)NC1=O. The molecule has 1 fully saturated rings. The number of carbonyl (C=O) groups excluding carboxylic acids is 9. The standard InChI is InChI=1S/C42H57N11O9/c1-25(54)46-23-36(56)50-34-21-35(55)45-18-10-8-15-30(38(44)58)51-41(61)33(20-27-22-47-29-14-6-5-13-28(27)29)49-37(57)24-48-39(59)32(19-26-11-3-2-4-12-26)53-40(60)31(52-42(34)62)16-7-9-17-43/h2-6,11-14,22,30-34,47H,7-10,15-21,23-24,43H2,1H3,(H2,44,58)(H,45,55)(H,46,54)(H,48,59)(H,49,57)(H,50,56)(H,51,61)(H,52,62)(H,53,60)/t30?,31?,32?,33-,34?/m0/s1. The first-order chi connectivity index (χ1) is 29.7. The summed E-state index contributed by atoms with van der Waals surface area (Å²) in [6.45, 7) is 0.482. The Morgan fingerprint density at radius 2 is 1.44 bits per heavy atom. The number of para-hydroxylation sites is 1. The maximum Gasteiger partial charge on any atom is 0.243 e. The Hall–Kier alpha value is -6.83. The summed E-state index contributed by atoms with van der Waals surface area (Å²) in [5.74, 6) is -6.59. The van der Waals surface area contributed by atoms with Gasteiger partial charge in [0.15, 0.2) is 0 Å². The number of amides is 9. The lowest BCUT2D eigenvalue weighted by Crippen LogP contribution is -2.58. The highest BCUT2D eigenvalue weighted by Gasteiger charge is 2.32. The van der Waals surface area contributed by atoms with Crippen LogP contribution in [0.4, 0.5) is 0 Å². The number of hydrogen-bond acceptors (Lipinski definition) is 10. The number of benzene rings is 2. The summed E-state index contributed by atoms with van der Waals surface area (Å²) in [5, 5.41) is 21.4. The lowest BCUT2D eigenvalue weighted by molar-refractivity contribution is -0.135. The molecule has 4 unspecified atom stereocenters. The van der Waals surface area contributed by atoms with Gasteiger partial charge in [-0.15, -0.1) is 0 Å². The largest absolute Gasteiger partial charge is 0.368 e. The Balaban J connectivity index is 1.65. The van der Waals surface area contributed by atoms with Gasteiger partial charge in [-0.3, -0.25) is 43.2 Å². The Morgan fingerprint density at radius 3 is 2.16 bits per heavy atom. The number of aromatic amines is 1. The molecule has 62 heavy (non-hydrogen) atoms. The van der Waals surface area contributed by atoms with Crippen molar-refractivity contribution in [2.45, 2.75) is 94.9 Å². The van der Waals surface area contributed by atoms with Crippen LogP contribution in [0.2, 0.25) is 0 Å². The Labute approximate surface area is 358 Å². The molecule has 2 aromatic carbocycles. The number of nitrogens with two attached hydrogens (primary N) is 2. The third-order valence-corrected chi connectivity index (χ3v) is 10.1. The van der Waals surface area contributed by atoms with E-state index in [1.807, 2.05) is 24.3 Å². The van der Waals surface area contributed by atoms with Crippen molar-refractivity contribution in [1.29, 1.82) is 0 Å². The quantitative estimate of drug-likeness (QED) is 0.0885. The van der Waals surface area contributed by atoms with Crippen LogP contribution in [0.1, 0.15) is 63.0 Å². The second kappa shape index (κ2) is 24.4. The van der Waals surface area contributed by atoms with E-state index in [2.05, 4.69) is 47.5 Å². The van der Waals surface area contributed by atoms with E-state index in [1.54, 1.807) is 36.5 Å². The highest BCUT2D eigenvalue weighted by Crippen LogP contribution is 2.19. The van der Waals surface area contributed by atoms with E-state index in [0.717, 1.165) is 10.9 Å². The first-order valence-corrected chi connectivity index (χ1v) is 20.6. The maximum atomic E-state index is 14.0. The molecule has 5 atom stereocenters. The normalized spacial score (nSPS) is 21.5. The van der Waals surface area contributed by atoms with Crippen LogP contribution in [-0.2, 0) is 56.0 Å². The van der Waals surface area contributed by atoms with Gasteiger partial charge in [0.2, 0.25) is 53.2 Å². The summed E-state index contributed by atoms with van der Waals surface area (Å²) >= 11 is 0. The summed E-state index contributed by atoms with van der Waals surface area (Å²) in [6.07, 6.45) is 2.79. The van der Waals surface area contributed by atoms with E-state index in [0.29, 0.717) is 43.4 Å². The minimum atomic E-state index is -1.49. The first-order valence-electron chi connectivity index (χ1n) is 20.6. The van der Waals surface area contributed by atoms with Crippen molar-refractivity contribution in [2.75, 3.05) is 26.2 Å². The third kappa shape index (κ3) is 15.6. The predicted molar refractivity (Wildman–Crippen MR) is 227 cm³/mol. The molecule has 20 nitrogen and oxygen atoms in total. The molecule has 0 spiro atoms. The summed E-state index contributed by atoms with van der Waals surface area (Å²) < 4.78 is 0. The van der Waals surface area contributed by atoms with Crippen LogP contribution in [-0.4, -0.2) is 115 Å². The van der Waals surface area contributed by atoms with Crippen molar-refractivity contribution in [1.82, 2.24) is 47.5 Å². The Kier molecular flexibility index (Phi) is 18.9. The zero-order valence-corrected chi connectivity index (χ0v) is 34.7. The number of nitrogens with one attached hydrogen (secondary N) is 9. The molecule has 13 N–H and O–H groups in total. The summed E-state index contributed by atoms with van der Waals surface area (Å²) in [4.78, 5) is 122. The van der Waals surface area contributed by atoms with E-state index >= 15 is 0 Å². The van der Waals surface area contributed by atoms with Crippen molar-refractivity contribution >= 4 is 64.1 Å². The van der Waals surface area contributed by atoms with Crippen LogP contribution in [0.5, 0.6) is 0 Å². The van der Waals surface area contributed by atoms with E-state index in [4.69, 9.17) is 11.5 Å². The zero-order valence-electron chi connectivity index (χ0n) is 34.7. The topological polar surface area (TPSA) is 318 Å². The number of unbranched alkanes of at least 4 members (excludes halogenated alkanes) is 1. The van der Waals surface area contributed by atoms with Crippen LogP contribution in [0, 0.1) is 0 Å². The second-order valence-electron chi connectivity index (χ2n) is 15.0. The average molecular weight is 860 g/mol. The van der Waals surface area contributed by atoms with E-state index in [1.165, 1.54) is 6.92 Å². The molecule has 1 aliphatic rings. The van der Waals surface area contributed by atoms with Crippen LogP contribution < -0.4 is 54.0 Å². The fraction of sp³-hybridized carbons (Fsp3) is 0.452. The lowest BCUT2D eigenvalue weighted by Gasteiger charge is -2.25. The molecule has 4 rings (SSSR count). The van der Waals surface area contributed by atoms with Gasteiger partial charge in [-0.05, 0) is 62.3 Å². The van der Waals surface area contributed by atoms with Crippen molar-refractivity contribution in [3.05, 3.63) is 71.9 Å². The molecular formula is C42H57N11O9. The van der Waals surface area contributed by atoms with Gasteiger partial charge in [0.25, 0.3) is 0 Å². The molecule has 1 aliphatic heterocycles. The molecule has 1 saturated heterocycles. The average Bonchev–Trinajstić information content (AvgIpc) is 3.65. The first kappa shape index (κ1) is 47.8. The highest BCUT2D eigenvalue weighted by atomic mass is 16.2. The van der Waals surface area contributed by atoms with Gasteiger partial charge in [-0.2, -0.15) is 0 Å². The smallest absolute Gasteiger partial charge is 0.243 e. The van der Waals surface area contributed by atoms with Gasteiger partial charge in [-0.1, -0.05) is 48.5 Å². The summed E-state index contributed by atoms with van der Waals surface area (Å²) in [5.41, 5.74) is 13.5. The van der Waals surface area contributed by atoms with E-state index < -0.39 is 103 Å². The number of rotatable bonds is 12. The number of carbonyl (C=O) groups is 9. The number of aromatic nitrogens is 1. The Morgan fingerprint density at radius 1 is 0.742 bits per heavy atom. The van der Waals surface area contributed by atoms with Crippen molar-refractivity contribution in [3.8, 4) is 0 Å². The molecule has 334 valence electrons. The minimum Gasteiger partial charge on any atom is -0.368 e. The van der Waals surface area contributed by atoms with Crippen molar-refractivity contribution in [2.24, 2.45) is 11.5 Å². The predicted octanol–water partition coefficient (Wildman–Crippen LogP) is -2.07. The maximum absolute atomic E-state index is 14.0. The summed E-state index contributed by atoms with van der Waals surface area (Å²) in [7, 11) is 0. The van der Waals surface area contributed by atoms with Crippen LogP contribution in [0.3, 0.4) is 0 Å². The molecule has 9 amide bonds. The molecule has 1 aromatic heterocycles. The molecule has 2 heterocycles. The fourth-order valence-electron chi connectivity index (χ4n) is 6.81. The molecular weight excluding hydrogens is 803 g/mol. The monoisotopic (exact) mass is 859 g/mol. The third-order valence-electron chi connectivity index (χ3n) is 10.1. The molecule has 0 saturated carbocycles. The highest BCUT2D eigenvalue weighted by molar-refractivity contribution is 5.98. The fourth-order valence-corrected chi connectivity index (χ4v) is 6.81. The van der Waals surface area contributed by atoms with E-state index in [9.17, 15) is 43.2 Å². The molecule has 0 radical (unpaired) electrons. The molecule has 0 aliphatic carbocycles. The second-order valence-corrected chi connectivity index (χ2v) is 15.0. The van der Waals surface area contributed by atoms with Crippen molar-refractivity contribution < 1.29 is 43.2 Å². The Bertz CT molecular complexity index is 2060. The van der Waals surface area contributed by atoms with Crippen LogP contribution >= 0.6 is 0 Å². The number of primary amides is 1. The van der Waals surface area contributed by atoms with Gasteiger partial charge in [0, 0.05) is 43.4 Å². The minimum absolute atomic E-state index is 0.00564. The molecule has 3 aromatic rings. The summed E-state index contributed by atoms with van der Waals surface area (Å²) in [6, 6.07) is 9.73. The van der Waals surface area contributed by atoms with Gasteiger partial charge < -0.3 is 59.0 Å². The van der Waals surface area contributed by atoms with Crippen molar-refractivity contribution in [3.63, 3.8) is 0 Å². The van der Waals surface area contributed by atoms with Crippen LogP contribution in [0.15, 0.2) is 60.8 Å². The zero-order chi connectivity index (χ0) is 45.0. The van der Waals surface area contributed by atoms with Gasteiger partial charge in [0.1, 0.15) is 30.2 Å². The lowest BCUT2D eigenvalue weighted by atomic mass is 10.0. The van der Waals surface area contributed by atoms with Gasteiger partial charge in [0.05, 0.1) is 19.5 Å².